The summed E-state index contributed by atoms with van der Waals surface area (Å²) >= 11 is 0. The highest BCUT2D eigenvalue weighted by Crippen LogP contribution is 2.21. The molecule has 0 saturated carbocycles. The molecule has 1 aliphatic heterocycles. The molecule has 7 heteroatoms. The largest absolute Gasteiger partial charge is 0.469 e. The number of carbonyl (C=O) groups excluding carboxylic acids is 1. The van der Waals surface area contributed by atoms with Crippen molar-refractivity contribution in [2.75, 3.05) is 20.2 Å². The number of carbonyl (C=O) groups is 1. The van der Waals surface area contributed by atoms with Gasteiger partial charge < -0.3 is 9.84 Å². The van der Waals surface area contributed by atoms with E-state index in [0.29, 0.717) is 18.5 Å². The lowest BCUT2D eigenvalue weighted by Gasteiger charge is -2.15. The maximum Gasteiger partial charge on any atom is 0.309 e. The summed E-state index contributed by atoms with van der Waals surface area (Å²) in [7, 11) is -2.26. The minimum Gasteiger partial charge on any atom is -0.469 e. The number of hydrogen-bond acceptors (Lipinski definition) is 5. The smallest absolute Gasteiger partial charge is 0.309 e. The fourth-order valence-corrected chi connectivity index (χ4v) is 3.59. The minimum atomic E-state index is -3.57. The van der Waals surface area contributed by atoms with Crippen molar-refractivity contribution >= 4 is 16.0 Å². The highest BCUT2D eigenvalue weighted by molar-refractivity contribution is 7.89. The molecule has 1 saturated heterocycles. The Morgan fingerprint density at radius 3 is 2.55 bits per heavy atom. The molecule has 110 valence electrons. The van der Waals surface area contributed by atoms with Gasteiger partial charge in [0.25, 0.3) is 0 Å². The van der Waals surface area contributed by atoms with E-state index in [2.05, 4.69) is 4.74 Å². The van der Waals surface area contributed by atoms with E-state index < -0.39 is 16.1 Å². The standard InChI is InChI=1S/C13H17NO5S/c1-19-13(16)8-10-2-4-12(5-3-10)20(17,18)14-7-6-11(15)9-14/h2-5,11,15H,6-9H2,1H3. The van der Waals surface area contributed by atoms with Crippen LogP contribution in [0, 0.1) is 0 Å². The molecule has 0 radical (unpaired) electrons. The van der Waals surface area contributed by atoms with Crippen LogP contribution in [0.2, 0.25) is 0 Å². The number of nitrogens with zero attached hydrogens (tertiary/aromatic N) is 1. The van der Waals surface area contributed by atoms with Crippen molar-refractivity contribution in [2.24, 2.45) is 0 Å². The van der Waals surface area contributed by atoms with Crippen molar-refractivity contribution in [3.63, 3.8) is 0 Å². The predicted molar refractivity (Wildman–Crippen MR) is 71.5 cm³/mol. The van der Waals surface area contributed by atoms with Crippen molar-refractivity contribution in [3.8, 4) is 0 Å². The molecule has 6 nitrogen and oxygen atoms in total. The number of aliphatic hydroxyl groups excluding tert-OH is 1. The fraction of sp³-hybridized carbons (Fsp3) is 0.462. The lowest BCUT2D eigenvalue weighted by atomic mass is 10.2. The number of hydrogen-bond donors (Lipinski definition) is 1. The Labute approximate surface area is 118 Å². The van der Waals surface area contributed by atoms with Crippen molar-refractivity contribution in [3.05, 3.63) is 29.8 Å². The van der Waals surface area contributed by atoms with Crippen molar-refractivity contribution < 1.29 is 23.1 Å². The van der Waals surface area contributed by atoms with Gasteiger partial charge in [0.2, 0.25) is 10.0 Å². The number of benzene rings is 1. The number of β-amino-alcohol motifs (C(OH)–C–C–N with tert-alkyl or cyclic N) is 1. The van der Waals surface area contributed by atoms with E-state index in [0.717, 1.165) is 0 Å². The Bertz CT molecular complexity index is 581. The van der Waals surface area contributed by atoms with Gasteiger partial charge in [-0.05, 0) is 24.1 Å². The van der Waals surface area contributed by atoms with Gasteiger partial charge in [0.15, 0.2) is 0 Å². The summed E-state index contributed by atoms with van der Waals surface area (Å²) in [5, 5.41) is 9.42. The Kier molecular flexibility index (Phi) is 4.42. The van der Waals surface area contributed by atoms with Crippen LogP contribution in [0.25, 0.3) is 0 Å². The molecule has 1 heterocycles. The van der Waals surface area contributed by atoms with Gasteiger partial charge in [-0.1, -0.05) is 12.1 Å². The van der Waals surface area contributed by atoms with Gasteiger partial charge in [-0.15, -0.1) is 0 Å². The van der Waals surface area contributed by atoms with Crippen LogP contribution in [0.15, 0.2) is 29.2 Å². The van der Waals surface area contributed by atoms with Crippen LogP contribution in [-0.2, 0) is 26.0 Å². The molecule has 1 unspecified atom stereocenters. The molecule has 1 fully saturated rings. The second-order valence-electron chi connectivity index (χ2n) is 4.70. The molecule has 0 amide bonds. The zero-order valence-electron chi connectivity index (χ0n) is 11.2. The van der Waals surface area contributed by atoms with Crippen LogP contribution in [0.5, 0.6) is 0 Å². The monoisotopic (exact) mass is 299 g/mol. The average Bonchev–Trinajstić information content (AvgIpc) is 2.86. The van der Waals surface area contributed by atoms with Crippen LogP contribution in [0.1, 0.15) is 12.0 Å². The topological polar surface area (TPSA) is 83.9 Å². The summed E-state index contributed by atoms with van der Waals surface area (Å²) < 4.78 is 30.4. The minimum absolute atomic E-state index is 0.110. The molecular formula is C13H17NO5S. The molecule has 1 aromatic carbocycles. The highest BCUT2D eigenvalue weighted by Gasteiger charge is 2.31. The number of rotatable bonds is 4. The van der Waals surface area contributed by atoms with Gasteiger partial charge in [0.05, 0.1) is 24.5 Å². The summed E-state index contributed by atoms with van der Waals surface area (Å²) in [5.74, 6) is -0.372. The Balaban J connectivity index is 2.15. The Morgan fingerprint density at radius 1 is 1.40 bits per heavy atom. The predicted octanol–water partition coefficient (Wildman–Crippen LogP) is 0.157. The van der Waals surface area contributed by atoms with Crippen LogP contribution in [-0.4, -0.2) is 50.1 Å². The first kappa shape index (κ1) is 15.0. The first-order valence-electron chi connectivity index (χ1n) is 6.27. The van der Waals surface area contributed by atoms with Gasteiger partial charge in [0.1, 0.15) is 0 Å². The molecule has 0 bridgehead atoms. The molecule has 0 spiro atoms. The molecule has 1 N–H and O–H groups in total. The second-order valence-corrected chi connectivity index (χ2v) is 6.64. The third-order valence-electron chi connectivity index (χ3n) is 3.26. The van der Waals surface area contributed by atoms with Crippen molar-refractivity contribution in [2.45, 2.75) is 23.8 Å². The maximum atomic E-state index is 12.3. The molecule has 1 aromatic rings. The SMILES string of the molecule is COC(=O)Cc1ccc(S(=O)(=O)N2CCC(O)C2)cc1. The zero-order chi connectivity index (χ0) is 14.8. The number of methoxy groups -OCH3 is 1. The lowest BCUT2D eigenvalue weighted by Crippen LogP contribution is -2.29. The molecule has 20 heavy (non-hydrogen) atoms. The maximum absolute atomic E-state index is 12.3. The van der Waals surface area contributed by atoms with Gasteiger partial charge in [-0.25, -0.2) is 8.42 Å². The molecular weight excluding hydrogens is 282 g/mol. The summed E-state index contributed by atoms with van der Waals surface area (Å²) in [6.07, 6.45) is -0.0257. The summed E-state index contributed by atoms with van der Waals surface area (Å²) in [5.41, 5.74) is 0.692. The van der Waals surface area contributed by atoms with E-state index in [1.54, 1.807) is 12.1 Å². The number of aliphatic hydroxyl groups is 1. The second kappa shape index (κ2) is 5.90. The third kappa shape index (κ3) is 3.17. The van der Waals surface area contributed by atoms with Crippen molar-refractivity contribution in [1.82, 2.24) is 4.31 Å². The third-order valence-corrected chi connectivity index (χ3v) is 5.14. The van der Waals surface area contributed by atoms with Crippen LogP contribution >= 0.6 is 0 Å². The molecule has 0 aliphatic carbocycles. The van der Waals surface area contributed by atoms with Gasteiger partial charge in [0, 0.05) is 13.1 Å². The van der Waals surface area contributed by atoms with E-state index >= 15 is 0 Å². The van der Waals surface area contributed by atoms with Gasteiger partial charge in [-0.3, -0.25) is 4.79 Å². The molecule has 0 aromatic heterocycles. The molecule has 1 aliphatic rings. The fourth-order valence-electron chi connectivity index (χ4n) is 2.10. The first-order chi connectivity index (χ1) is 9.43. The normalized spacial score (nSPS) is 20.0. The van der Waals surface area contributed by atoms with Crippen LogP contribution in [0.4, 0.5) is 0 Å². The van der Waals surface area contributed by atoms with E-state index in [1.165, 1.54) is 23.5 Å². The van der Waals surface area contributed by atoms with Gasteiger partial charge >= 0.3 is 5.97 Å². The van der Waals surface area contributed by atoms with Crippen LogP contribution < -0.4 is 0 Å². The van der Waals surface area contributed by atoms with E-state index in [1.807, 2.05) is 0 Å². The average molecular weight is 299 g/mol. The lowest BCUT2D eigenvalue weighted by molar-refractivity contribution is -0.139. The highest BCUT2D eigenvalue weighted by atomic mass is 32.2. The van der Waals surface area contributed by atoms with E-state index in [9.17, 15) is 18.3 Å². The molecule has 1 atom stereocenters. The molecule has 2 rings (SSSR count). The number of esters is 1. The Hall–Kier alpha value is -1.44. The number of sulfonamides is 1. The Morgan fingerprint density at radius 2 is 2.05 bits per heavy atom. The van der Waals surface area contributed by atoms with Crippen LogP contribution in [0.3, 0.4) is 0 Å². The summed E-state index contributed by atoms with van der Waals surface area (Å²) in [6.45, 7) is 0.458. The zero-order valence-corrected chi connectivity index (χ0v) is 12.0. The van der Waals surface area contributed by atoms with E-state index in [4.69, 9.17) is 0 Å². The first-order valence-corrected chi connectivity index (χ1v) is 7.71. The quantitative estimate of drug-likeness (QED) is 0.801. The van der Waals surface area contributed by atoms with Gasteiger partial charge in [-0.2, -0.15) is 4.31 Å². The summed E-state index contributed by atoms with van der Waals surface area (Å²) in [6, 6.07) is 6.13. The van der Waals surface area contributed by atoms with Crippen molar-refractivity contribution in [1.29, 1.82) is 0 Å². The number of ether oxygens (including phenoxy) is 1. The van der Waals surface area contributed by atoms with E-state index in [-0.39, 0.29) is 23.8 Å². The summed E-state index contributed by atoms with van der Waals surface area (Å²) in [4.78, 5) is 11.3.